The number of benzene rings is 1. The van der Waals surface area contributed by atoms with Crippen molar-refractivity contribution in [3.63, 3.8) is 0 Å². The third-order valence-corrected chi connectivity index (χ3v) is 5.29. The van der Waals surface area contributed by atoms with Crippen LogP contribution in [0.1, 0.15) is 31.3 Å². The number of H-pyrrole nitrogens is 1. The van der Waals surface area contributed by atoms with E-state index < -0.39 is 0 Å². The highest BCUT2D eigenvalue weighted by molar-refractivity contribution is 7.12. The van der Waals surface area contributed by atoms with Gasteiger partial charge < -0.3 is 14.6 Å². The number of nitrogens with zero attached hydrogens (tertiary/aromatic N) is 1. The van der Waals surface area contributed by atoms with Gasteiger partial charge in [0.1, 0.15) is 0 Å². The molecule has 0 aliphatic carbocycles. The van der Waals surface area contributed by atoms with Crippen LogP contribution in [0, 0.1) is 0 Å². The van der Waals surface area contributed by atoms with Crippen LogP contribution in [0.3, 0.4) is 0 Å². The molecule has 1 aliphatic rings. The number of para-hydroxylation sites is 1. The molecule has 24 heavy (non-hydrogen) atoms. The first kappa shape index (κ1) is 15.0. The van der Waals surface area contributed by atoms with Crippen molar-refractivity contribution >= 4 is 34.1 Å². The van der Waals surface area contributed by atoms with E-state index >= 15 is 0 Å². The van der Waals surface area contributed by atoms with Crippen LogP contribution < -0.4 is 0 Å². The molecule has 0 unspecified atom stereocenters. The quantitative estimate of drug-likeness (QED) is 0.729. The fraction of sp³-hybridized carbons (Fsp3) is 0.222. The number of hydrogen-bond acceptors (Lipinski definition) is 4. The van der Waals surface area contributed by atoms with E-state index in [1.54, 1.807) is 6.07 Å². The van der Waals surface area contributed by atoms with Gasteiger partial charge in [-0.05, 0) is 29.5 Å². The maximum Gasteiger partial charge on any atom is 0.339 e. The number of esters is 1. The second kappa shape index (κ2) is 5.79. The third kappa shape index (κ3) is 2.30. The van der Waals surface area contributed by atoms with E-state index in [0.29, 0.717) is 18.7 Å². The van der Waals surface area contributed by atoms with Crippen LogP contribution in [0.5, 0.6) is 0 Å². The number of carbonyl (C=O) groups is 2. The number of amides is 1. The van der Waals surface area contributed by atoms with Gasteiger partial charge in [0.15, 0.2) is 0 Å². The van der Waals surface area contributed by atoms with Crippen LogP contribution in [0.15, 0.2) is 35.7 Å². The number of rotatable bonds is 2. The maximum atomic E-state index is 12.6. The molecular formula is C18H16N2O3S. The SMILES string of the molecule is COC(=O)c1cccc2c3c([nH]c12)CN(C(=O)c1cccs1)CC3. The summed E-state index contributed by atoms with van der Waals surface area (Å²) < 4.78 is 4.86. The van der Waals surface area contributed by atoms with Crippen LogP contribution in [0.2, 0.25) is 0 Å². The Hall–Kier alpha value is -2.60. The van der Waals surface area contributed by atoms with Gasteiger partial charge in [-0.1, -0.05) is 18.2 Å². The number of thiophene rings is 1. The Bertz CT molecular complexity index is 927. The summed E-state index contributed by atoms with van der Waals surface area (Å²) in [5.74, 6) is -0.298. The summed E-state index contributed by atoms with van der Waals surface area (Å²) in [4.78, 5) is 30.5. The predicted octanol–water partition coefficient (Wildman–Crippen LogP) is 3.21. The van der Waals surface area contributed by atoms with Crippen molar-refractivity contribution in [1.82, 2.24) is 9.88 Å². The molecule has 0 saturated heterocycles. The van der Waals surface area contributed by atoms with Crippen LogP contribution in [-0.2, 0) is 17.7 Å². The zero-order chi connectivity index (χ0) is 16.7. The van der Waals surface area contributed by atoms with Crippen LogP contribution in [-0.4, -0.2) is 35.4 Å². The minimum absolute atomic E-state index is 0.0579. The molecular weight excluding hydrogens is 324 g/mol. The number of aromatic nitrogens is 1. The van der Waals surface area contributed by atoms with Crippen LogP contribution in [0.4, 0.5) is 0 Å². The summed E-state index contributed by atoms with van der Waals surface area (Å²) >= 11 is 1.46. The van der Waals surface area contributed by atoms with Crippen LogP contribution in [0.25, 0.3) is 10.9 Å². The van der Waals surface area contributed by atoms with E-state index in [-0.39, 0.29) is 11.9 Å². The van der Waals surface area contributed by atoms with Crippen molar-refractivity contribution in [1.29, 1.82) is 0 Å². The zero-order valence-corrected chi connectivity index (χ0v) is 14.0. The topological polar surface area (TPSA) is 62.4 Å². The molecule has 1 N–H and O–H groups in total. The largest absolute Gasteiger partial charge is 0.465 e. The average Bonchev–Trinajstić information content (AvgIpc) is 3.27. The molecule has 0 radical (unpaired) electrons. The second-order valence-corrected chi connectivity index (χ2v) is 6.70. The number of ether oxygens (including phenoxy) is 1. The lowest BCUT2D eigenvalue weighted by Crippen LogP contribution is -2.35. The molecule has 0 spiro atoms. The van der Waals surface area contributed by atoms with E-state index in [2.05, 4.69) is 4.98 Å². The molecule has 1 aromatic carbocycles. The summed E-state index contributed by atoms with van der Waals surface area (Å²) in [5, 5.41) is 2.95. The third-order valence-electron chi connectivity index (χ3n) is 4.43. The Kier molecular flexibility index (Phi) is 3.61. The van der Waals surface area contributed by atoms with Gasteiger partial charge in [-0.25, -0.2) is 4.79 Å². The molecule has 122 valence electrons. The highest BCUT2D eigenvalue weighted by Crippen LogP contribution is 2.30. The molecule has 3 heterocycles. The molecule has 0 fully saturated rings. The number of aromatic amines is 1. The van der Waals surface area contributed by atoms with Crippen LogP contribution >= 0.6 is 11.3 Å². The maximum absolute atomic E-state index is 12.6. The molecule has 0 atom stereocenters. The van der Waals surface area contributed by atoms with Gasteiger partial charge in [-0.15, -0.1) is 11.3 Å². The lowest BCUT2D eigenvalue weighted by Gasteiger charge is -2.26. The van der Waals surface area contributed by atoms with Gasteiger partial charge in [0.2, 0.25) is 0 Å². The van der Waals surface area contributed by atoms with E-state index in [0.717, 1.165) is 27.9 Å². The molecule has 6 heteroatoms. The minimum Gasteiger partial charge on any atom is -0.465 e. The molecule has 4 rings (SSSR count). The predicted molar refractivity (Wildman–Crippen MR) is 92.4 cm³/mol. The Morgan fingerprint density at radius 3 is 2.88 bits per heavy atom. The van der Waals surface area contributed by atoms with E-state index in [9.17, 15) is 9.59 Å². The van der Waals surface area contributed by atoms with Gasteiger partial charge in [0.25, 0.3) is 5.91 Å². The summed E-state index contributed by atoms with van der Waals surface area (Å²) in [6.07, 6.45) is 0.775. The summed E-state index contributed by atoms with van der Waals surface area (Å²) in [5.41, 5.74) is 3.50. The minimum atomic E-state index is -0.356. The highest BCUT2D eigenvalue weighted by Gasteiger charge is 2.26. The molecule has 3 aromatic rings. The Labute approximate surface area is 142 Å². The Balaban J connectivity index is 1.72. The van der Waals surface area contributed by atoms with Crippen molar-refractivity contribution in [3.8, 4) is 0 Å². The van der Waals surface area contributed by atoms with Gasteiger partial charge in [0, 0.05) is 17.6 Å². The standard InChI is InChI=1S/C18H16N2O3S/c1-23-18(22)13-5-2-4-12-11-7-8-20(10-14(11)19-16(12)13)17(21)15-6-3-9-24-15/h2-6,9,19H,7-8,10H2,1H3. The molecule has 0 saturated carbocycles. The number of carbonyl (C=O) groups excluding carboxylic acids is 2. The summed E-state index contributed by atoms with van der Waals surface area (Å²) in [6, 6.07) is 9.37. The fourth-order valence-electron chi connectivity index (χ4n) is 3.27. The molecule has 1 aliphatic heterocycles. The van der Waals surface area contributed by atoms with Gasteiger partial charge in [-0.2, -0.15) is 0 Å². The first-order valence-electron chi connectivity index (χ1n) is 7.72. The molecule has 5 nitrogen and oxygen atoms in total. The first-order chi connectivity index (χ1) is 11.7. The molecule has 2 aromatic heterocycles. The van der Waals surface area contributed by atoms with E-state index in [1.807, 2.05) is 34.5 Å². The lowest BCUT2D eigenvalue weighted by molar-refractivity contribution is 0.0602. The highest BCUT2D eigenvalue weighted by atomic mass is 32.1. The number of nitrogens with one attached hydrogen (secondary N) is 1. The monoisotopic (exact) mass is 340 g/mol. The normalized spacial score (nSPS) is 13.8. The zero-order valence-electron chi connectivity index (χ0n) is 13.2. The smallest absolute Gasteiger partial charge is 0.339 e. The first-order valence-corrected chi connectivity index (χ1v) is 8.60. The number of fused-ring (bicyclic) bond motifs is 3. The summed E-state index contributed by atoms with van der Waals surface area (Å²) in [6.45, 7) is 1.21. The van der Waals surface area contributed by atoms with Gasteiger partial charge in [-0.3, -0.25) is 4.79 Å². The lowest BCUT2D eigenvalue weighted by atomic mass is 10.0. The number of hydrogen-bond donors (Lipinski definition) is 1. The second-order valence-electron chi connectivity index (χ2n) is 5.76. The Morgan fingerprint density at radius 1 is 1.25 bits per heavy atom. The van der Waals surface area contributed by atoms with Gasteiger partial charge >= 0.3 is 5.97 Å². The van der Waals surface area contributed by atoms with E-state index in [1.165, 1.54) is 24.0 Å². The van der Waals surface area contributed by atoms with Crippen molar-refractivity contribution in [2.75, 3.05) is 13.7 Å². The average molecular weight is 340 g/mol. The molecule has 0 bridgehead atoms. The van der Waals surface area contributed by atoms with Crippen molar-refractivity contribution in [3.05, 3.63) is 57.4 Å². The van der Waals surface area contributed by atoms with Crippen molar-refractivity contribution in [2.24, 2.45) is 0 Å². The van der Waals surface area contributed by atoms with E-state index in [4.69, 9.17) is 4.74 Å². The van der Waals surface area contributed by atoms with Crippen molar-refractivity contribution < 1.29 is 14.3 Å². The molecule has 1 amide bonds. The fourth-order valence-corrected chi connectivity index (χ4v) is 3.96. The van der Waals surface area contributed by atoms with Gasteiger partial charge in [0.05, 0.1) is 29.6 Å². The summed E-state index contributed by atoms with van der Waals surface area (Å²) in [7, 11) is 1.38. The Morgan fingerprint density at radius 2 is 2.12 bits per heavy atom. The van der Waals surface area contributed by atoms with Crippen molar-refractivity contribution in [2.45, 2.75) is 13.0 Å². The number of methoxy groups -OCH3 is 1.